The molecule has 0 spiro atoms. The van der Waals surface area contributed by atoms with Crippen molar-refractivity contribution in [3.8, 4) is 17.2 Å². The molecule has 1 aliphatic rings. The number of hydrogen-bond donors (Lipinski definition) is 0. The monoisotopic (exact) mass is 433 g/mol. The third kappa shape index (κ3) is 5.28. The Morgan fingerprint density at radius 1 is 1.00 bits per heavy atom. The predicted molar refractivity (Wildman–Crippen MR) is 124 cm³/mol. The number of carbonyl (C=O) groups is 1. The van der Waals surface area contributed by atoms with Crippen molar-refractivity contribution >= 4 is 22.8 Å². The summed E-state index contributed by atoms with van der Waals surface area (Å²) in [7, 11) is 3.18. The maximum absolute atomic E-state index is 12.7. The van der Waals surface area contributed by atoms with Gasteiger partial charge in [-0.3, -0.25) is 4.90 Å². The van der Waals surface area contributed by atoms with Crippen LogP contribution in [0.4, 0.5) is 0 Å². The molecule has 1 fully saturated rings. The number of nitrogens with zero attached hydrogens (tertiary/aromatic N) is 1. The van der Waals surface area contributed by atoms with E-state index in [4.69, 9.17) is 18.9 Å². The fourth-order valence-electron chi connectivity index (χ4n) is 3.79. The molecule has 3 aromatic carbocycles. The molecule has 32 heavy (non-hydrogen) atoms. The van der Waals surface area contributed by atoms with Crippen LogP contribution in [0.25, 0.3) is 16.8 Å². The zero-order chi connectivity index (χ0) is 22.3. The molecule has 0 N–H and O–H groups in total. The maximum atomic E-state index is 12.7. The summed E-state index contributed by atoms with van der Waals surface area (Å²) in [6.07, 6.45) is 3.11. The number of morpholine rings is 1. The first-order valence-corrected chi connectivity index (χ1v) is 10.6. The number of ether oxygens (including phenoxy) is 4. The highest BCUT2D eigenvalue weighted by Crippen LogP contribution is 2.30. The molecule has 166 valence electrons. The summed E-state index contributed by atoms with van der Waals surface area (Å²) in [6, 6.07) is 17.4. The Balaban J connectivity index is 1.57. The fourth-order valence-corrected chi connectivity index (χ4v) is 3.79. The summed E-state index contributed by atoms with van der Waals surface area (Å²) >= 11 is 0. The zero-order valence-electron chi connectivity index (χ0n) is 18.4. The van der Waals surface area contributed by atoms with E-state index in [0.29, 0.717) is 37.0 Å². The summed E-state index contributed by atoms with van der Waals surface area (Å²) in [5, 5.41) is 2.21. The van der Waals surface area contributed by atoms with Gasteiger partial charge in [0.1, 0.15) is 17.2 Å². The molecule has 1 aliphatic heterocycles. The number of hydrogen-bond acceptors (Lipinski definition) is 6. The largest absolute Gasteiger partial charge is 0.497 e. The minimum absolute atomic E-state index is 0.440. The quantitative estimate of drug-likeness (QED) is 0.314. The Kier molecular flexibility index (Phi) is 7.04. The van der Waals surface area contributed by atoms with E-state index < -0.39 is 5.97 Å². The molecule has 6 nitrogen and oxygen atoms in total. The van der Waals surface area contributed by atoms with Crippen molar-refractivity contribution < 1.29 is 23.7 Å². The molecule has 6 heteroatoms. The fraction of sp³-hybridized carbons (Fsp3) is 0.269. The van der Waals surface area contributed by atoms with Gasteiger partial charge in [-0.1, -0.05) is 30.3 Å². The standard InChI is InChI=1S/C26H27NO5/c1-29-21-15-19(16-22(17-21)30-2)7-10-26(28)32-25-9-8-20-5-3-4-6-23(20)24(25)18-27-11-13-31-14-12-27/h3-10,15-17H,11-14,18H2,1-2H3/b10-7+. The van der Waals surface area contributed by atoms with Crippen molar-refractivity contribution in [2.45, 2.75) is 6.54 Å². The first-order chi connectivity index (χ1) is 15.7. The minimum atomic E-state index is -0.440. The van der Waals surface area contributed by atoms with E-state index in [1.807, 2.05) is 36.4 Å². The van der Waals surface area contributed by atoms with E-state index in [-0.39, 0.29) is 0 Å². The van der Waals surface area contributed by atoms with Gasteiger partial charge in [0.05, 0.1) is 27.4 Å². The van der Waals surface area contributed by atoms with Crippen LogP contribution >= 0.6 is 0 Å². The van der Waals surface area contributed by atoms with E-state index in [9.17, 15) is 4.79 Å². The second kappa shape index (κ2) is 10.3. The molecule has 0 radical (unpaired) electrons. The number of methoxy groups -OCH3 is 2. The molecular formula is C26H27NO5. The highest BCUT2D eigenvalue weighted by Gasteiger charge is 2.17. The van der Waals surface area contributed by atoms with Crippen LogP contribution in [0.15, 0.2) is 60.7 Å². The average Bonchev–Trinajstić information content (AvgIpc) is 2.84. The molecular weight excluding hydrogens is 406 g/mol. The number of fused-ring (bicyclic) bond motifs is 1. The van der Waals surface area contributed by atoms with Crippen molar-refractivity contribution in [1.29, 1.82) is 0 Å². The average molecular weight is 434 g/mol. The van der Waals surface area contributed by atoms with Crippen LogP contribution in [0.3, 0.4) is 0 Å². The number of carbonyl (C=O) groups excluding carboxylic acids is 1. The third-order valence-electron chi connectivity index (χ3n) is 5.48. The second-order valence-electron chi connectivity index (χ2n) is 7.55. The summed E-state index contributed by atoms with van der Waals surface area (Å²) < 4.78 is 21.8. The molecule has 0 atom stereocenters. The van der Waals surface area contributed by atoms with Crippen molar-refractivity contribution in [2.24, 2.45) is 0 Å². The topological polar surface area (TPSA) is 57.2 Å². The maximum Gasteiger partial charge on any atom is 0.336 e. The van der Waals surface area contributed by atoms with Crippen LogP contribution in [0.2, 0.25) is 0 Å². The first kappa shape index (κ1) is 21.9. The lowest BCUT2D eigenvalue weighted by Crippen LogP contribution is -2.35. The lowest BCUT2D eigenvalue weighted by molar-refractivity contribution is -0.129. The van der Waals surface area contributed by atoms with Crippen LogP contribution in [0, 0.1) is 0 Å². The van der Waals surface area contributed by atoms with Gasteiger partial charge < -0.3 is 18.9 Å². The normalized spacial score (nSPS) is 14.6. The molecule has 0 aromatic heterocycles. The van der Waals surface area contributed by atoms with Gasteiger partial charge in [0.25, 0.3) is 0 Å². The van der Waals surface area contributed by atoms with E-state index >= 15 is 0 Å². The molecule has 0 unspecified atom stereocenters. The van der Waals surface area contributed by atoms with E-state index in [1.54, 1.807) is 26.4 Å². The Hall–Kier alpha value is -3.35. The van der Waals surface area contributed by atoms with Crippen LogP contribution in [0.1, 0.15) is 11.1 Å². The Labute approximate surface area is 187 Å². The highest BCUT2D eigenvalue weighted by atomic mass is 16.5. The van der Waals surface area contributed by atoms with Crippen LogP contribution < -0.4 is 14.2 Å². The minimum Gasteiger partial charge on any atom is -0.497 e. The Morgan fingerprint density at radius 3 is 2.44 bits per heavy atom. The van der Waals surface area contributed by atoms with Crippen molar-refractivity contribution in [3.05, 3.63) is 71.8 Å². The van der Waals surface area contributed by atoms with Crippen molar-refractivity contribution in [2.75, 3.05) is 40.5 Å². The Morgan fingerprint density at radius 2 is 1.72 bits per heavy atom. The van der Waals surface area contributed by atoms with E-state index in [0.717, 1.165) is 35.0 Å². The smallest absolute Gasteiger partial charge is 0.336 e. The number of esters is 1. The van der Waals surface area contributed by atoms with Gasteiger partial charge in [0.15, 0.2) is 0 Å². The van der Waals surface area contributed by atoms with Crippen molar-refractivity contribution in [1.82, 2.24) is 4.90 Å². The van der Waals surface area contributed by atoms with Gasteiger partial charge >= 0.3 is 5.97 Å². The highest BCUT2D eigenvalue weighted by molar-refractivity contribution is 5.92. The summed E-state index contributed by atoms with van der Waals surface area (Å²) in [4.78, 5) is 15.0. The van der Waals surface area contributed by atoms with E-state index in [1.165, 1.54) is 6.08 Å². The third-order valence-corrected chi connectivity index (χ3v) is 5.48. The van der Waals surface area contributed by atoms with Crippen LogP contribution in [-0.4, -0.2) is 51.4 Å². The molecule has 0 bridgehead atoms. The number of benzene rings is 3. The van der Waals surface area contributed by atoms with Gasteiger partial charge in [-0.25, -0.2) is 4.79 Å². The van der Waals surface area contributed by atoms with Gasteiger partial charge in [0, 0.05) is 37.3 Å². The van der Waals surface area contributed by atoms with E-state index in [2.05, 4.69) is 17.0 Å². The summed E-state index contributed by atoms with van der Waals surface area (Å²) in [5.41, 5.74) is 1.79. The Bertz CT molecular complexity index is 1100. The number of rotatable bonds is 7. The second-order valence-corrected chi connectivity index (χ2v) is 7.55. The zero-order valence-corrected chi connectivity index (χ0v) is 18.4. The predicted octanol–water partition coefficient (Wildman–Crippen LogP) is 4.31. The molecule has 0 aliphatic carbocycles. The van der Waals surface area contributed by atoms with Gasteiger partial charge in [0.2, 0.25) is 0 Å². The molecule has 1 saturated heterocycles. The van der Waals surface area contributed by atoms with Gasteiger partial charge in [-0.2, -0.15) is 0 Å². The molecule has 4 rings (SSSR count). The molecule has 1 heterocycles. The lowest BCUT2D eigenvalue weighted by atomic mass is 10.0. The summed E-state index contributed by atoms with van der Waals surface area (Å²) in [5.74, 6) is 1.44. The molecule has 0 saturated carbocycles. The van der Waals surface area contributed by atoms with Crippen LogP contribution in [0.5, 0.6) is 17.2 Å². The van der Waals surface area contributed by atoms with Crippen molar-refractivity contribution in [3.63, 3.8) is 0 Å². The van der Waals surface area contributed by atoms with Gasteiger partial charge in [-0.05, 0) is 40.6 Å². The van der Waals surface area contributed by atoms with Crippen LogP contribution in [-0.2, 0) is 16.1 Å². The first-order valence-electron chi connectivity index (χ1n) is 10.6. The summed E-state index contributed by atoms with van der Waals surface area (Å²) in [6.45, 7) is 3.84. The SMILES string of the molecule is COc1cc(/C=C/C(=O)Oc2ccc3ccccc3c2CN2CCOCC2)cc(OC)c1. The lowest BCUT2D eigenvalue weighted by Gasteiger charge is -2.27. The molecule has 3 aromatic rings. The van der Waals surface area contributed by atoms with Gasteiger partial charge in [-0.15, -0.1) is 0 Å². The molecule has 0 amide bonds.